The summed E-state index contributed by atoms with van der Waals surface area (Å²) in [5, 5.41) is 11.0. The molecule has 2 N–H and O–H groups in total. The molecule has 0 heterocycles. The lowest BCUT2D eigenvalue weighted by Gasteiger charge is -2.10. The number of aryl methyl sites for hydroxylation is 1. The van der Waals surface area contributed by atoms with E-state index < -0.39 is 6.61 Å². The third-order valence-corrected chi connectivity index (χ3v) is 2.38. The molecule has 4 heteroatoms. The summed E-state index contributed by atoms with van der Waals surface area (Å²) in [6.07, 6.45) is 0. The molecule has 0 aromatic heterocycles. The fourth-order valence-corrected chi connectivity index (χ4v) is 1.29. The number of ether oxygens (including phenoxy) is 1. The van der Waals surface area contributed by atoms with Crippen LogP contribution in [0.4, 0.5) is 0 Å². The van der Waals surface area contributed by atoms with Crippen molar-refractivity contribution in [3.8, 4) is 5.75 Å². The quantitative estimate of drug-likeness (QED) is 0.726. The minimum atomic E-state index is -0.483. The second-order valence-electron chi connectivity index (χ2n) is 3.55. The van der Waals surface area contributed by atoms with Crippen molar-refractivity contribution in [2.24, 2.45) is 0 Å². The van der Waals surface area contributed by atoms with E-state index >= 15 is 0 Å². The lowest BCUT2D eigenvalue weighted by molar-refractivity contribution is -0.123. The highest BCUT2D eigenvalue weighted by Gasteiger charge is 2.01. The summed E-state index contributed by atoms with van der Waals surface area (Å²) >= 11 is 0. The van der Waals surface area contributed by atoms with Gasteiger partial charge in [0.2, 0.25) is 5.91 Å². The number of amides is 1. The van der Waals surface area contributed by atoms with E-state index in [9.17, 15) is 4.79 Å². The van der Waals surface area contributed by atoms with Gasteiger partial charge in [0.25, 0.3) is 0 Å². The van der Waals surface area contributed by atoms with E-state index in [-0.39, 0.29) is 5.91 Å². The molecule has 0 radical (unpaired) electrons. The smallest absolute Gasteiger partial charge is 0.245 e. The van der Waals surface area contributed by atoms with Crippen LogP contribution in [-0.4, -0.2) is 30.8 Å². The van der Waals surface area contributed by atoms with Crippen LogP contribution in [0.2, 0.25) is 0 Å². The number of rotatable bonds is 5. The fourth-order valence-electron chi connectivity index (χ4n) is 1.29. The minimum absolute atomic E-state index is 0.385. The van der Waals surface area contributed by atoms with Crippen molar-refractivity contribution in [2.45, 2.75) is 13.8 Å². The molecule has 0 aliphatic heterocycles. The van der Waals surface area contributed by atoms with Crippen LogP contribution in [0, 0.1) is 13.8 Å². The summed E-state index contributed by atoms with van der Waals surface area (Å²) in [5.74, 6) is 0.447. The van der Waals surface area contributed by atoms with E-state index in [1.807, 2.05) is 32.0 Å². The molecular weight excluding hydrogens is 206 g/mol. The minimum Gasteiger partial charge on any atom is -0.491 e. The van der Waals surface area contributed by atoms with Crippen LogP contribution >= 0.6 is 0 Å². The molecule has 88 valence electrons. The van der Waals surface area contributed by atoms with E-state index in [0.29, 0.717) is 13.2 Å². The molecule has 1 rings (SSSR count). The first kappa shape index (κ1) is 12.5. The largest absolute Gasteiger partial charge is 0.491 e. The number of nitrogens with one attached hydrogen (secondary N) is 1. The molecule has 1 aromatic carbocycles. The molecule has 0 unspecified atom stereocenters. The number of hydrogen-bond acceptors (Lipinski definition) is 3. The van der Waals surface area contributed by atoms with Crippen molar-refractivity contribution in [1.29, 1.82) is 0 Å². The average Bonchev–Trinajstić information content (AvgIpc) is 2.29. The Morgan fingerprint density at radius 2 is 2.19 bits per heavy atom. The van der Waals surface area contributed by atoms with E-state index in [2.05, 4.69) is 5.32 Å². The summed E-state index contributed by atoms with van der Waals surface area (Å²) < 4.78 is 5.52. The Hall–Kier alpha value is -1.55. The van der Waals surface area contributed by atoms with Crippen LogP contribution in [0.5, 0.6) is 5.75 Å². The molecule has 0 spiro atoms. The predicted molar refractivity (Wildman–Crippen MR) is 61.5 cm³/mol. The van der Waals surface area contributed by atoms with Crippen molar-refractivity contribution < 1.29 is 14.6 Å². The van der Waals surface area contributed by atoms with Gasteiger partial charge < -0.3 is 15.2 Å². The normalized spacial score (nSPS) is 9.94. The topological polar surface area (TPSA) is 58.6 Å². The van der Waals surface area contributed by atoms with Crippen LogP contribution in [0.3, 0.4) is 0 Å². The number of hydrogen-bond donors (Lipinski definition) is 2. The molecule has 0 fully saturated rings. The molecule has 0 saturated heterocycles. The number of carbonyl (C=O) groups excluding carboxylic acids is 1. The van der Waals surface area contributed by atoms with Gasteiger partial charge in [-0.3, -0.25) is 4.79 Å². The first-order chi connectivity index (χ1) is 7.65. The van der Waals surface area contributed by atoms with Crippen LogP contribution in [0.25, 0.3) is 0 Å². The fraction of sp³-hybridized carbons (Fsp3) is 0.417. The maximum absolute atomic E-state index is 10.7. The number of aliphatic hydroxyl groups excluding tert-OH is 1. The maximum Gasteiger partial charge on any atom is 0.245 e. The van der Waals surface area contributed by atoms with Gasteiger partial charge in [-0.05, 0) is 31.0 Å². The van der Waals surface area contributed by atoms with E-state index in [1.165, 1.54) is 5.56 Å². The molecule has 0 saturated carbocycles. The zero-order chi connectivity index (χ0) is 12.0. The summed E-state index contributed by atoms with van der Waals surface area (Å²) in [6.45, 7) is 4.33. The van der Waals surface area contributed by atoms with Gasteiger partial charge in [-0.25, -0.2) is 0 Å². The highest BCUT2D eigenvalue weighted by molar-refractivity contribution is 5.76. The van der Waals surface area contributed by atoms with Gasteiger partial charge in [0.05, 0.1) is 6.54 Å². The summed E-state index contributed by atoms with van der Waals surface area (Å²) in [6, 6.07) is 5.86. The molecule has 0 aliphatic rings. The number of aliphatic hydroxyl groups is 1. The first-order valence-electron chi connectivity index (χ1n) is 5.21. The summed E-state index contributed by atoms with van der Waals surface area (Å²) in [7, 11) is 0. The van der Waals surface area contributed by atoms with Gasteiger partial charge >= 0.3 is 0 Å². The number of carbonyl (C=O) groups is 1. The second kappa shape index (κ2) is 6.12. The van der Waals surface area contributed by atoms with Crippen molar-refractivity contribution in [3.63, 3.8) is 0 Å². The Bertz CT molecular complexity index is 363. The standard InChI is InChI=1S/C12H17NO3/c1-9-4-3-5-11(10(9)2)16-7-6-13-12(15)8-14/h3-5,14H,6-8H2,1-2H3,(H,13,15). The van der Waals surface area contributed by atoms with Crippen molar-refractivity contribution in [2.75, 3.05) is 19.8 Å². The molecule has 1 amide bonds. The van der Waals surface area contributed by atoms with Gasteiger partial charge in [0.1, 0.15) is 19.0 Å². The second-order valence-corrected chi connectivity index (χ2v) is 3.55. The molecule has 1 aromatic rings. The molecule has 0 bridgehead atoms. The maximum atomic E-state index is 10.7. The highest BCUT2D eigenvalue weighted by atomic mass is 16.5. The zero-order valence-electron chi connectivity index (χ0n) is 9.62. The lowest BCUT2D eigenvalue weighted by Crippen LogP contribution is -2.30. The Morgan fingerprint density at radius 1 is 1.44 bits per heavy atom. The Kier molecular flexibility index (Phi) is 4.79. The van der Waals surface area contributed by atoms with Crippen LogP contribution in [0.15, 0.2) is 18.2 Å². The first-order valence-corrected chi connectivity index (χ1v) is 5.21. The number of benzene rings is 1. The highest BCUT2D eigenvalue weighted by Crippen LogP contribution is 2.20. The summed E-state index contributed by atoms with van der Waals surface area (Å²) in [4.78, 5) is 10.7. The third kappa shape index (κ3) is 3.55. The molecule has 16 heavy (non-hydrogen) atoms. The zero-order valence-corrected chi connectivity index (χ0v) is 9.62. The van der Waals surface area contributed by atoms with Gasteiger partial charge in [-0.15, -0.1) is 0 Å². The third-order valence-electron chi connectivity index (χ3n) is 2.38. The Morgan fingerprint density at radius 3 is 2.88 bits per heavy atom. The lowest BCUT2D eigenvalue weighted by atomic mass is 10.1. The van der Waals surface area contributed by atoms with Crippen molar-refractivity contribution in [3.05, 3.63) is 29.3 Å². The molecule has 0 aliphatic carbocycles. The van der Waals surface area contributed by atoms with E-state index in [1.54, 1.807) is 0 Å². The summed E-state index contributed by atoms with van der Waals surface area (Å²) in [5.41, 5.74) is 2.29. The van der Waals surface area contributed by atoms with Gasteiger partial charge in [-0.2, -0.15) is 0 Å². The van der Waals surface area contributed by atoms with Gasteiger partial charge in [0.15, 0.2) is 0 Å². The van der Waals surface area contributed by atoms with Gasteiger partial charge in [-0.1, -0.05) is 12.1 Å². The van der Waals surface area contributed by atoms with Crippen LogP contribution in [0.1, 0.15) is 11.1 Å². The van der Waals surface area contributed by atoms with Crippen molar-refractivity contribution in [1.82, 2.24) is 5.32 Å². The van der Waals surface area contributed by atoms with Crippen LogP contribution < -0.4 is 10.1 Å². The average molecular weight is 223 g/mol. The van der Waals surface area contributed by atoms with E-state index in [4.69, 9.17) is 9.84 Å². The van der Waals surface area contributed by atoms with Gasteiger partial charge in [0, 0.05) is 0 Å². The Labute approximate surface area is 95.2 Å². The Balaban J connectivity index is 2.38. The van der Waals surface area contributed by atoms with Crippen molar-refractivity contribution >= 4 is 5.91 Å². The predicted octanol–water partition coefficient (Wildman–Crippen LogP) is 0.791. The molecule has 4 nitrogen and oxygen atoms in total. The molecule has 0 atom stereocenters. The SMILES string of the molecule is Cc1cccc(OCCNC(=O)CO)c1C. The van der Waals surface area contributed by atoms with Crippen LogP contribution in [-0.2, 0) is 4.79 Å². The van der Waals surface area contributed by atoms with E-state index in [0.717, 1.165) is 11.3 Å². The molecular formula is C12H17NO3. The monoisotopic (exact) mass is 223 g/mol.